The Labute approximate surface area is 126 Å². The van der Waals surface area contributed by atoms with Crippen molar-refractivity contribution in [2.45, 2.75) is 33.0 Å². The Bertz CT molecular complexity index is 576. The van der Waals surface area contributed by atoms with E-state index in [0.717, 1.165) is 11.1 Å². The topological polar surface area (TPSA) is 55.6 Å². The van der Waals surface area contributed by atoms with Crippen molar-refractivity contribution in [3.05, 3.63) is 34.9 Å². The fourth-order valence-electron chi connectivity index (χ4n) is 2.66. The van der Waals surface area contributed by atoms with Crippen LogP contribution in [0.25, 0.3) is 0 Å². The quantitative estimate of drug-likeness (QED) is 0.797. The van der Waals surface area contributed by atoms with Crippen LogP contribution in [-0.4, -0.2) is 42.6 Å². The highest BCUT2D eigenvalue weighted by Gasteiger charge is 2.27. The summed E-state index contributed by atoms with van der Waals surface area (Å²) in [5.74, 6) is 5.90. The highest BCUT2D eigenvalue weighted by atomic mass is 16.5. The minimum atomic E-state index is 0.0471. The van der Waals surface area contributed by atoms with Gasteiger partial charge in [-0.25, -0.2) is 0 Å². The van der Waals surface area contributed by atoms with Crippen LogP contribution in [0.5, 0.6) is 0 Å². The number of benzene rings is 1. The van der Waals surface area contributed by atoms with Gasteiger partial charge in [-0.05, 0) is 38.5 Å². The number of nitrogens with zero attached hydrogens (tertiary/aromatic N) is 1. The van der Waals surface area contributed by atoms with Crippen molar-refractivity contribution in [2.75, 3.05) is 19.6 Å². The van der Waals surface area contributed by atoms with E-state index in [9.17, 15) is 4.79 Å². The summed E-state index contributed by atoms with van der Waals surface area (Å²) in [6.07, 6.45) is 0.136. The average Bonchev–Trinajstić information content (AvgIpc) is 2.44. The number of rotatable bonds is 1. The third kappa shape index (κ3) is 3.63. The predicted molar refractivity (Wildman–Crippen MR) is 83.0 cm³/mol. The van der Waals surface area contributed by atoms with Crippen LogP contribution in [0.3, 0.4) is 0 Å². The highest BCUT2D eigenvalue weighted by molar-refractivity contribution is 5.96. The molecule has 1 aromatic rings. The number of morpholine rings is 1. The number of ether oxygens (including phenoxy) is 1. The van der Waals surface area contributed by atoms with E-state index in [1.54, 1.807) is 0 Å². The summed E-state index contributed by atoms with van der Waals surface area (Å²) in [5.41, 5.74) is 7.89. The maximum absolute atomic E-state index is 12.7. The number of hydrogen-bond acceptors (Lipinski definition) is 3. The predicted octanol–water partition coefficient (Wildman–Crippen LogP) is 1.55. The van der Waals surface area contributed by atoms with Crippen molar-refractivity contribution in [3.63, 3.8) is 0 Å². The van der Waals surface area contributed by atoms with Crippen molar-refractivity contribution in [1.82, 2.24) is 4.90 Å². The zero-order chi connectivity index (χ0) is 15.4. The summed E-state index contributed by atoms with van der Waals surface area (Å²) < 4.78 is 5.68. The number of hydrogen-bond donors (Lipinski definition) is 1. The number of carbonyl (C=O) groups is 1. The smallest absolute Gasteiger partial charge is 0.254 e. The molecule has 4 heteroatoms. The molecule has 21 heavy (non-hydrogen) atoms. The lowest BCUT2D eigenvalue weighted by molar-refractivity contribution is -0.0586. The SMILES string of the molecule is Cc1c(C#CCN)cccc1C(=O)N1C[C@@H](C)O[C@@H](C)C1. The molecule has 1 aliphatic rings. The van der Waals surface area contributed by atoms with Crippen molar-refractivity contribution < 1.29 is 9.53 Å². The van der Waals surface area contributed by atoms with E-state index in [4.69, 9.17) is 10.5 Å². The Morgan fingerprint density at radius 2 is 2.05 bits per heavy atom. The second-order valence-electron chi connectivity index (χ2n) is 5.45. The van der Waals surface area contributed by atoms with E-state index in [0.29, 0.717) is 25.2 Å². The van der Waals surface area contributed by atoms with Crippen molar-refractivity contribution in [2.24, 2.45) is 5.73 Å². The van der Waals surface area contributed by atoms with Crippen LogP contribution >= 0.6 is 0 Å². The molecule has 4 nitrogen and oxygen atoms in total. The summed E-state index contributed by atoms with van der Waals surface area (Å²) in [6, 6.07) is 5.64. The Morgan fingerprint density at radius 3 is 2.67 bits per heavy atom. The average molecular weight is 286 g/mol. The molecular weight excluding hydrogens is 264 g/mol. The summed E-state index contributed by atoms with van der Waals surface area (Å²) in [7, 11) is 0. The fraction of sp³-hybridized carbons (Fsp3) is 0.471. The number of nitrogens with two attached hydrogens (primary N) is 1. The van der Waals surface area contributed by atoms with E-state index in [2.05, 4.69) is 11.8 Å². The van der Waals surface area contributed by atoms with Gasteiger partial charge in [-0.2, -0.15) is 0 Å². The monoisotopic (exact) mass is 286 g/mol. The van der Waals surface area contributed by atoms with Gasteiger partial charge in [0.1, 0.15) is 0 Å². The minimum Gasteiger partial charge on any atom is -0.372 e. The zero-order valence-corrected chi connectivity index (χ0v) is 12.8. The molecule has 112 valence electrons. The first kappa shape index (κ1) is 15.6. The van der Waals surface area contributed by atoms with Gasteiger partial charge in [0.2, 0.25) is 0 Å². The standard InChI is InChI=1S/C17H22N2O2/c1-12-10-19(11-13(2)21-12)17(20)16-8-4-6-15(14(16)3)7-5-9-18/h4,6,8,12-13H,9-11,18H2,1-3H3/t12-,13+. The van der Waals surface area contributed by atoms with Crippen LogP contribution in [0.2, 0.25) is 0 Å². The van der Waals surface area contributed by atoms with Gasteiger partial charge < -0.3 is 15.4 Å². The summed E-state index contributed by atoms with van der Waals surface area (Å²) in [5, 5.41) is 0. The molecule has 2 atom stereocenters. The maximum Gasteiger partial charge on any atom is 0.254 e. The molecule has 1 aromatic carbocycles. The van der Waals surface area contributed by atoms with Crippen LogP contribution < -0.4 is 5.73 Å². The van der Waals surface area contributed by atoms with Gasteiger partial charge in [0.05, 0.1) is 18.8 Å². The normalized spacial score (nSPS) is 21.6. The van der Waals surface area contributed by atoms with Gasteiger partial charge in [0, 0.05) is 24.2 Å². The molecule has 1 amide bonds. The second-order valence-corrected chi connectivity index (χ2v) is 5.45. The number of carbonyl (C=O) groups excluding carboxylic acids is 1. The molecule has 0 bridgehead atoms. The summed E-state index contributed by atoms with van der Waals surface area (Å²) >= 11 is 0. The second kappa shape index (κ2) is 6.75. The zero-order valence-electron chi connectivity index (χ0n) is 12.8. The molecule has 0 saturated carbocycles. The van der Waals surface area contributed by atoms with Gasteiger partial charge in [-0.15, -0.1) is 0 Å². The third-order valence-electron chi connectivity index (χ3n) is 3.60. The van der Waals surface area contributed by atoms with E-state index in [1.807, 2.05) is 43.9 Å². The Kier molecular flexibility index (Phi) is 5.00. The van der Waals surface area contributed by atoms with Crippen molar-refractivity contribution >= 4 is 5.91 Å². The lowest BCUT2D eigenvalue weighted by Gasteiger charge is -2.35. The van der Waals surface area contributed by atoms with Crippen molar-refractivity contribution in [1.29, 1.82) is 0 Å². The van der Waals surface area contributed by atoms with Gasteiger partial charge in [0.25, 0.3) is 5.91 Å². The van der Waals surface area contributed by atoms with Crippen LogP contribution in [0.4, 0.5) is 0 Å². The lowest BCUT2D eigenvalue weighted by Crippen LogP contribution is -2.48. The maximum atomic E-state index is 12.7. The number of amides is 1. The van der Waals surface area contributed by atoms with E-state index < -0.39 is 0 Å². The highest BCUT2D eigenvalue weighted by Crippen LogP contribution is 2.18. The molecule has 1 fully saturated rings. The molecule has 2 rings (SSSR count). The van der Waals surface area contributed by atoms with Gasteiger partial charge >= 0.3 is 0 Å². The molecule has 0 radical (unpaired) electrons. The first-order valence-electron chi connectivity index (χ1n) is 7.26. The molecule has 1 saturated heterocycles. The Hall–Kier alpha value is -1.83. The molecule has 2 N–H and O–H groups in total. The molecular formula is C17H22N2O2. The molecule has 1 heterocycles. The van der Waals surface area contributed by atoms with Crippen LogP contribution in [0, 0.1) is 18.8 Å². The van der Waals surface area contributed by atoms with Crippen molar-refractivity contribution in [3.8, 4) is 11.8 Å². The molecule has 0 aromatic heterocycles. The minimum absolute atomic E-state index is 0.0471. The van der Waals surface area contributed by atoms with E-state index in [1.165, 1.54) is 0 Å². The largest absolute Gasteiger partial charge is 0.372 e. The third-order valence-corrected chi connectivity index (χ3v) is 3.60. The molecule has 0 aliphatic carbocycles. The van der Waals surface area contributed by atoms with Gasteiger partial charge in [-0.3, -0.25) is 4.79 Å². The summed E-state index contributed by atoms with van der Waals surface area (Å²) in [6.45, 7) is 7.48. The summed E-state index contributed by atoms with van der Waals surface area (Å²) in [4.78, 5) is 14.6. The molecule has 0 spiro atoms. The van der Waals surface area contributed by atoms with Gasteiger partial charge in [-0.1, -0.05) is 17.9 Å². The Balaban J connectivity index is 2.27. The van der Waals surface area contributed by atoms with Crippen LogP contribution in [-0.2, 0) is 4.74 Å². The van der Waals surface area contributed by atoms with Crippen LogP contribution in [0.15, 0.2) is 18.2 Å². The Morgan fingerprint density at radius 1 is 1.38 bits per heavy atom. The molecule has 1 aliphatic heterocycles. The lowest BCUT2D eigenvalue weighted by atomic mass is 10.0. The van der Waals surface area contributed by atoms with E-state index >= 15 is 0 Å². The molecule has 0 unspecified atom stereocenters. The first-order valence-corrected chi connectivity index (χ1v) is 7.26. The van der Waals surface area contributed by atoms with Gasteiger partial charge in [0.15, 0.2) is 0 Å². The first-order chi connectivity index (χ1) is 10.0. The van der Waals surface area contributed by atoms with Crippen LogP contribution in [0.1, 0.15) is 35.3 Å². The van der Waals surface area contributed by atoms with E-state index in [-0.39, 0.29) is 18.1 Å². The fourth-order valence-corrected chi connectivity index (χ4v) is 2.66.